The molecule has 1 aliphatic rings. The topological polar surface area (TPSA) is 12.0 Å². The zero-order chi connectivity index (χ0) is 14.4. The Morgan fingerprint density at radius 3 is 2.70 bits per heavy atom. The van der Waals surface area contributed by atoms with E-state index in [0.29, 0.717) is 6.04 Å². The molecule has 1 saturated carbocycles. The molecular weight excluding hydrogens is 273 g/mol. The van der Waals surface area contributed by atoms with Crippen molar-refractivity contribution in [2.45, 2.75) is 57.9 Å². The van der Waals surface area contributed by atoms with Crippen molar-refractivity contribution in [2.24, 2.45) is 5.92 Å². The lowest BCUT2D eigenvalue weighted by Crippen LogP contribution is -2.25. The van der Waals surface area contributed by atoms with Gasteiger partial charge in [0.2, 0.25) is 0 Å². The quantitative estimate of drug-likeness (QED) is 0.732. The van der Waals surface area contributed by atoms with Crippen LogP contribution in [0.15, 0.2) is 18.2 Å². The van der Waals surface area contributed by atoms with Gasteiger partial charge in [-0.3, -0.25) is 0 Å². The summed E-state index contributed by atoms with van der Waals surface area (Å²) in [5.74, 6) is 0.462. The Morgan fingerprint density at radius 1 is 1.30 bits per heavy atom. The second kappa shape index (κ2) is 7.99. The molecule has 0 heterocycles. The van der Waals surface area contributed by atoms with Crippen LogP contribution in [0.4, 0.5) is 4.39 Å². The van der Waals surface area contributed by atoms with Gasteiger partial charge < -0.3 is 5.32 Å². The first-order chi connectivity index (χ1) is 9.70. The first-order valence-corrected chi connectivity index (χ1v) is 8.26. The molecule has 0 aromatic heterocycles. The Kier molecular flexibility index (Phi) is 6.31. The second-order valence-corrected chi connectivity index (χ2v) is 6.33. The van der Waals surface area contributed by atoms with Crippen LogP contribution in [-0.4, -0.2) is 6.54 Å². The Morgan fingerprint density at radius 2 is 2.05 bits per heavy atom. The Labute approximate surface area is 126 Å². The van der Waals surface area contributed by atoms with Crippen molar-refractivity contribution < 1.29 is 4.39 Å². The van der Waals surface area contributed by atoms with E-state index in [4.69, 9.17) is 11.6 Å². The number of benzene rings is 1. The number of hydrogen-bond donors (Lipinski definition) is 1. The predicted octanol–water partition coefficient (Wildman–Crippen LogP) is 5.49. The molecule has 1 aromatic carbocycles. The van der Waals surface area contributed by atoms with E-state index >= 15 is 0 Å². The lowest BCUT2D eigenvalue weighted by atomic mass is 9.83. The van der Waals surface area contributed by atoms with Crippen LogP contribution in [0.25, 0.3) is 0 Å². The van der Waals surface area contributed by atoms with Crippen LogP contribution in [0.5, 0.6) is 0 Å². The predicted molar refractivity (Wildman–Crippen MR) is 83.6 cm³/mol. The van der Waals surface area contributed by atoms with Crippen LogP contribution in [0.2, 0.25) is 5.02 Å². The van der Waals surface area contributed by atoms with Gasteiger partial charge in [0.15, 0.2) is 0 Å². The fourth-order valence-electron chi connectivity index (χ4n) is 3.14. The molecule has 2 rings (SSSR count). The van der Waals surface area contributed by atoms with Gasteiger partial charge in [0.25, 0.3) is 0 Å². The summed E-state index contributed by atoms with van der Waals surface area (Å²) in [6.07, 6.45) is 9.01. The maximum atomic E-state index is 13.3. The number of rotatable bonds is 6. The van der Waals surface area contributed by atoms with Crippen LogP contribution in [0.1, 0.15) is 63.5 Å². The first-order valence-electron chi connectivity index (χ1n) is 7.89. The standard InChI is InChI=1S/C17H25ClFN/c1-2-10-20-17(11-13-6-4-3-5-7-13)14-8-9-16(19)15(18)12-14/h8-9,12-13,17,20H,2-7,10-11H2,1H3. The Balaban J connectivity index is 2.06. The van der Waals surface area contributed by atoms with Gasteiger partial charge in [-0.2, -0.15) is 0 Å². The van der Waals surface area contributed by atoms with Crippen LogP contribution >= 0.6 is 11.6 Å². The molecule has 0 amide bonds. The largest absolute Gasteiger partial charge is 0.310 e. The normalized spacial score (nSPS) is 18.1. The zero-order valence-electron chi connectivity index (χ0n) is 12.3. The molecule has 1 unspecified atom stereocenters. The highest BCUT2D eigenvalue weighted by Crippen LogP contribution is 2.32. The minimum absolute atomic E-state index is 0.231. The number of halogens is 2. The average Bonchev–Trinajstić information content (AvgIpc) is 2.47. The maximum absolute atomic E-state index is 13.3. The van der Waals surface area contributed by atoms with E-state index in [-0.39, 0.29) is 10.8 Å². The highest BCUT2D eigenvalue weighted by molar-refractivity contribution is 6.30. The van der Waals surface area contributed by atoms with Crippen molar-refractivity contribution in [1.29, 1.82) is 0 Å². The molecule has 1 fully saturated rings. The van der Waals surface area contributed by atoms with Crippen molar-refractivity contribution in [2.75, 3.05) is 6.54 Å². The third-order valence-corrected chi connectivity index (χ3v) is 4.57. The van der Waals surface area contributed by atoms with Crippen LogP contribution < -0.4 is 5.32 Å². The molecular formula is C17H25ClFN. The molecule has 3 heteroatoms. The van der Waals surface area contributed by atoms with Gasteiger partial charge in [-0.05, 0) is 43.0 Å². The summed E-state index contributed by atoms with van der Waals surface area (Å²) in [5.41, 5.74) is 1.12. The van der Waals surface area contributed by atoms with E-state index < -0.39 is 0 Å². The molecule has 0 bridgehead atoms. The van der Waals surface area contributed by atoms with Crippen LogP contribution in [0.3, 0.4) is 0 Å². The molecule has 0 spiro atoms. The molecule has 112 valence electrons. The summed E-state index contributed by atoms with van der Waals surface area (Å²) in [6.45, 7) is 3.16. The number of nitrogens with one attached hydrogen (secondary N) is 1. The summed E-state index contributed by atoms with van der Waals surface area (Å²) in [6, 6.07) is 5.44. The third kappa shape index (κ3) is 4.46. The molecule has 20 heavy (non-hydrogen) atoms. The lowest BCUT2D eigenvalue weighted by molar-refractivity contribution is 0.300. The van der Waals surface area contributed by atoms with E-state index in [2.05, 4.69) is 12.2 Å². The van der Waals surface area contributed by atoms with Gasteiger partial charge in [-0.1, -0.05) is 56.7 Å². The van der Waals surface area contributed by atoms with E-state index in [1.807, 2.05) is 6.07 Å². The van der Waals surface area contributed by atoms with Crippen LogP contribution in [-0.2, 0) is 0 Å². The second-order valence-electron chi connectivity index (χ2n) is 5.92. The summed E-state index contributed by atoms with van der Waals surface area (Å²) >= 11 is 5.93. The fraction of sp³-hybridized carbons (Fsp3) is 0.647. The van der Waals surface area contributed by atoms with Crippen molar-refractivity contribution >= 4 is 11.6 Å². The van der Waals surface area contributed by atoms with Gasteiger partial charge in [-0.15, -0.1) is 0 Å². The highest BCUT2D eigenvalue weighted by atomic mass is 35.5. The number of hydrogen-bond acceptors (Lipinski definition) is 1. The molecule has 0 saturated heterocycles. The minimum Gasteiger partial charge on any atom is -0.310 e. The third-order valence-electron chi connectivity index (χ3n) is 4.28. The van der Waals surface area contributed by atoms with E-state index in [0.717, 1.165) is 30.9 Å². The Hall–Kier alpha value is -0.600. The molecule has 1 aromatic rings. The maximum Gasteiger partial charge on any atom is 0.141 e. The minimum atomic E-state index is -0.331. The summed E-state index contributed by atoms with van der Waals surface area (Å²) in [7, 11) is 0. The van der Waals surface area contributed by atoms with E-state index in [1.54, 1.807) is 6.07 Å². The van der Waals surface area contributed by atoms with Gasteiger partial charge in [0.1, 0.15) is 5.82 Å². The molecule has 1 N–H and O–H groups in total. The highest BCUT2D eigenvalue weighted by Gasteiger charge is 2.20. The van der Waals surface area contributed by atoms with Crippen molar-refractivity contribution in [3.05, 3.63) is 34.6 Å². The fourth-order valence-corrected chi connectivity index (χ4v) is 3.33. The monoisotopic (exact) mass is 297 g/mol. The Bertz CT molecular complexity index is 415. The smallest absolute Gasteiger partial charge is 0.141 e. The van der Waals surface area contributed by atoms with Crippen molar-refractivity contribution in [3.63, 3.8) is 0 Å². The molecule has 1 atom stereocenters. The summed E-state index contributed by atoms with van der Waals surface area (Å²) in [4.78, 5) is 0. The van der Waals surface area contributed by atoms with Gasteiger partial charge in [-0.25, -0.2) is 4.39 Å². The summed E-state index contributed by atoms with van der Waals surface area (Å²) < 4.78 is 13.3. The van der Waals surface area contributed by atoms with Crippen LogP contribution in [0, 0.1) is 11.7 Å². The molecule has 0 aliphatic heterocycles. The molecule has 1 nitrogen and oxygen atoms in total. The van der Waals surface area contributed by atoms with E-state index in [1.165, 1.54) is 38.2 Å². The molecule has 1 aliphatic carbocycles. The van der Waals surface area contributed by atoms with Gasteiger partial charge in [0.05, 0.1) is 5.02 Å². The lowest BCUT2D eigenvalue weighted by Gasteiger charge is -2.27. The molecule has 0 radical (unpaired) electrons. The average molecular weight is 298 g/mol. The van der Waals surface area contributed by atoms with E-state index in [9.17, 15) is 4.39 Å². The van der Waals surface area contributed by atoms with Crippen molar-refractivity contribution in [1.82, 2.24) is 5.32 Å². The van der Waals surface area contributed by atoms with Crippen molar-refractivity contribution in [3.8, 4) is 0 Å². The van der Waals surface area contributed by atoms with Gasteiger partial charge in [0, 0.05) is 6.04 Å². The first kappa shape index (κ1) is 15.8. The zero-order valence-corrected chi connectivity index (χ0v) is 13.1. The SMILES string of the molecule is CCCNC(CC1CCCCC1)c1ccc(F)c(Cl)c1. The summed E-state index contributed by atoms with van der Waals surface area (Å²) in [5, 5.41) is 3.83. The van der Waals surface area contributed by atoms with Gasteiger partial charge >= 0.3 is 0 Å².